The SMILES string of the molecule is CC(C)NCC1CCCN(COCC2CC2)C1. The number of piperidine rings is 1. The van der Waals surface area contributed by atoms with Crippen LogP contribution in [0.15, 0.2) is 0 Å². The summed E-state index contributed by atoms with van der Waals surface area (Å²) in [5.41, 5.74) is 0. The molecule has 100 valence electrons. The van der Waals surface area contributed by atoms with Crippen LogP contribution in [0.1, 0.15) is 39.5 Å². The van der Waals surface area contributed by atoms with Gasteiger partial charge < -0.3 is 10.1 Å². The highest BCUT2D eigenvalue weighted by molar-refractivity contribution is 4.75. The number of ether oxygens (including phenoxy) is 1. The Morgan fingerprint density at radius 1 is 1.24 bits per heavy atom. The van der Waals surface area contributed by atoms with E-state index in [1.54, 1.807) is 0 Å². The lowest BCUT2D eigenvalue weighted by molar-refractivity contribution is 0.00226. The third kappa shape index (κ3) is 5.36. The molecule has 2 aliphatic rings. The van der Waals surface area contributed by atoms with Gasteiger partial charge in [0, 0.05) is 19.1 Å². The maximum Gasteiger partial charge on any atom is 0.0990 e. The Balaban J connectivity index is 1.58. The predicted molar refractivity (Wildman–Crippen MR) is 71.0 cm³/mol. The van der Waals surface area contributed by atoms with E-state index in [4.69, 9.17) is 4.74 Å². The van der Waals surface area contributed by atoms with Crippen LogP contribution in [0.2, 0.25) is 0 Å². The summed E-state index contributed by atoms with van der Waals surface area (Å²) in [5, 5.41) is 3.55. The Labute approximate surface area is 106 Å². The van der Waals surface area contributed by atoms with Gasteiger partial charge in [0.15, 0.2) is 0 Å². The smallest absolute Gasteiger partial charge is 0.0990 e. The Morgan fingerprint density at radius 2 is 2.06 bits per heavy atom. The minimum absolute atomic E-state index is 0.608. The minimum atomic E-state index is 0.608. The van der Waals surface area contributed by atoms with Gasteiger partial charge in [-0.1, -0.05) is 13.8 Å². The third-order valence-corrected chi connectivity index (χ3v) is 3.74. The monoisotopic (exact) mass is 240 g/mol. The molecule has 2 fully saturated rings. The lowest BCUT2D eigenvalue weighted by Gasteiger charge is -2.32. The molecule has 3 nitrogen and oxygen atoms in total. The van der Waals surface area contributed by atoms with Gasteiger partial charge in [-0.2, -0.15) is 0 Å². The second-order valence-electron chi connectivity index (χ2n) is 6.09. The van der Waals surface area contributed by atoms with Crippen molar-refractivity contribution in [1.82, 2.24) is 10.2 Å². The molecule has 1 unspecified atom stereocenters. The van der Waals surface area contributed by atoms with E-state index in [1.807, 2.05) is 0 Å². The summed E-state index contributed by atoms with van der Waals surface area (Å²) in [7, 11) is 0. The Hall–Kier alpha value is -0.120. The number of likely N-dealkylation sites (tertiary alicyclic amines) is 1. The number of rotatable bonds is 7. The zero-order chi connectivity index (χ0) is 12.1. The summed E-state index contributed by atoms with van der Waals surface area (Å²) in [6.07, 6.45) is 5.48. The molecule has 1 atom stereocenters. The zero-order valence-electron chi connectivity index (χ0n) is 11.5. The van der Waals surface area contributed by atoms with Crippen LogP contribution in [0.5, 0.6) is 0 Å². The largest absolute Gasteiger partial charge is 0.366 e. The summed E-state index contributed by atoms with van der Waals surface area (Å²) < 4.78 is 5.78. The van der Waals surface area contributed by atoms with Gasteiger partial charge in [-0.25, -0.2) is 0 Å². The van der Waals surface area contributed by atoms with Gasteiger partial charge in [0.1, 0.15) is 0 Å². The molecule has 0 aromatic carbocycles. The molecule has 0 aromatic heterocycles. The van der Waals surface area contributed by atoms with Crippen molar-refractivity contribution in [2.24, 2.45) is 11.8 Å². The van der Waals surface area contributed by atoms with Crippen molar-refractivity contribution >= 4 is 0 Å². The number of nitrogens with zero attached hydrogens (tertiary/aromatic N) is 1. The maximum atomic E-state index is 5.78. The summed E-state index contributed by atoms with van der Waals surface area (Å²) in [6.45, 7) is 9.89. The van der Waals surface area contributed by atoms with Crippen molar-refractivity contribution in [1.29, 1.82) is 0 Å². The van der Waals surface area contributed by atoms with Crippen molar-refractivity contribution in [3.8, 4) is 0 Å². The lowest BCUT2D eigenvalue weighted by Crippen LogP contribution is -2.41. The fraction of sp³-hybridized carbons (Fsp3) is 1.00. The minimum Gasteiger partial charge on any atom is -0.366 e. The van der Waals surface area contributed by atoms with Crippen LogP contribution < -0.4 is 5.32 Å². The molecular formula is C14H28N2O. The number of hydrogen-bond acceptors (Lipinski definition) is 3. The van der Waals surface area contributed by atoms with Crippen LogP contribution in [0, 0.1) is 11.8 Å². The van der Waals surface area contributed by atoms with Gasteiger partial charge in [0.25, 0.3) is 0 Å². The average molecular weight is 240 g/mol. The van der Waals surface area contributed by atoms with E-state index in [9.17, 15) is 0 Å². The molecule has 2 rings (SSSR count). The molecule has 0 bridgehead atoms. The first-order valence-corrected chi connectivity index (χ1v) is 7.27. The molecule has 1 saturated heterocycles. The predicted octanol–water partition coefficient (Wildman–Crippen LogP) is 2.08. The van der Waals surface area contributed by atoms with Crippen LogP contribution in [-0.4, -0.2) is 43.9 Å². The van der Waals surface area contributed by atoms with Crippen molar-refractivity contribution in [2.75, 3.05) is 33.0 Å². The van der Waals surface area contributed by atoms with E-state index in [0.717, 1.165) is 31.7 Å². The topological polar surface area (TPSA) is 24.5 Å². The molecule has 0 radical (unpaired) electrons. The average Bonchev–Trinajstić information content (AvgIpc) is 3.11. The molecule has 3 heteroatoms. The van der Waals surface area contributed by atoms with Gasteiger partial charge in [-0.15, -0.1) is 0 Å². The molecule has 1 aliphatic heterocycles. The van der Waals surface area contributed by atoms with Crippen LogP contribution in [0.4, 0.5) is 0 Å². The first-order chi connectivity index (χ1) is 8.24. The Bertz CT molecular complexity index is 216. The Morgan fingerprint density at radius 3 is 2.76 bits per heavy atom. The van der Waals surface area contributed by atoms with Crippen molar-refractivity contribution in [3.05, 3.63) is 0 Å². The molecule has 1 saturated carbocycles. The molecular weight excluding hydrogens is 212 g/mol. The number of nitrogens with one attached hydrogen (secondary N) is 1. The first-order valence-electron chi connectivity index (χ1n) is 7.27. The van der Waals surface area contributed by atoms with E-state index in [0.29, 0.717) is 6.04 Å². The molecule has 1 heterocycles. The highest BCUT2D eigenvalue weighted by Gasteiger charge is 2.23. The lowest BCUT2D eigenvalue weighted by atomic mass is 9.98. The molecule has 17 heavy (non-hydrogen) atoms. The van der Waals surface area contributed by atoms with E-state index < -0.39 is 0 Å². The molecule has 0 amide bonds. The summed E-state index contributed by atoms with van der Waals surface area (Å²) in [4.78, 5) is 2.48. The van der Waals surface area contributed by atoms with E-state index in [2.05, 4.69) is 24.1 Å². The summed E-state index contributed by atoms with van der Waals surface area (Å²) >= 11 is 0. The Kier molecular flexibility index (Phi) is 5.26. The van der Waals surface area contributed by atoms with Crippen LogP contribution >= 0.6 is 0 Å². The quantitative estimate of drug-likeness (QED) is 0.737. The normalized spacial score (nSPS) is 26.6. The van der Waals surface area contributed by atoms with Gasteiger partial charge in [0.05, 0.1) is 13.3 Å². The van der Waals surface area contributed by atoms with Gasteiger partial charge in [-0.3, -0.25) is 4.90 Å². The maximum absolute atomic E-state index is 5.78. The van der Waals surface area contributed by atoms with Crippen molar-refractivity contribution in [2.45, 2.75) is 45.6 Å². The second kappa shape index (κ2) is 6.72. The highest BCUT2D eigenvalue weighted by Crippen LogP contribution is 2.28. The molecule has 1 N–H and O–H groups in total. The van der Waals surface area contributed by atoms with Crippen LogP contribution in [0.3, 0.4) is 0 Å². The fourth-order valence-corrected chi connectivity index (χ4v) is 2.47. The zero-order valence-corrected chi connectivity index (χ0v) is 11.5. The highest BCUT2D eigenvalue weighted by atomic mass is 16.5. The van der Waals surface area contributed by atoms with Crippen molar-refractivity contribution < 1.29 is 4.74 Å². The standard InChI is InChI=1S/C14H28N2O/c1-12(2)15-8-14-4-3-7-16(9-14)11-17-10-13-5-6-13/h12-15H,3-11H2,1-2H3. The third-order valence-electron chi connectivity index (χ3n) is 3.74. The van der Waals surface area contributed by atoms with E-state index >= 15 is 0 Å². The van der Waals surface area contributed by atoms with Crippen molar-refractivity contribution in [3.63, 3.8) is 0 Å². The second-order valence-corrected chi connectivity index (χ2v) is 6.09. The molecule has 0 aromatic rings. The fourth-order valence-electron chi connectivity index (χ4n) is 2.47. The number of hydrogen-bond donors (Lipinski definition) is 1. The van der Waals surface area contributed by atoms with Crippen LogP contribution in [0.25, 0.3) is 0 Å². The van der Waals surface area contributed by atoms with E-state index in [1.165, 1.54) is 38.8 Å². The molecule has 0 spiro atoms. The summed E-state index contributed by atoms with van der Waals surface area (Å²) in [6, 6.07) is 0.608. The van der Waals surface area contributed by atoms with Gasteiger partial charge in [0.2, 0.25) is 0 Å². The molecule has 1 aliphatic carbocycles. The first kappa shape index (κ1) is 13.3. The van der Waals surface area contributed by atoms with Gasteiger partial charge >= 0.3 is 0 Å². The van der Waals surface area contributed by atoms with Gasteiger partial charge in [-0.05, 0) is 44.1 Å². The summed E-state index contributed by atoms with van der Waals surface area (Å²) in [5.74, 6) is 1.70. The van der Waals surface area contributed by atoms with E-state index in [-0.39, 0.29) is 0 Å². The van der Waals surface area contributed by atoms with Crippen LogP contribution in [-0.2, 0) is 4.74 Å².